The van der Waals surface area contributed by atoms with E-state index in [4.69, 9.17) is 4.74 Å². The molecule has 0 aliphatic rings. The minimum absolute atomic E-state index is 0.159. The average Bonchev–Trinajstić information content (AvgIpc) is 2.61. The number of nitro groups is 1. The van der Waals surface area contributed by atoms with E-state index in [1.165, 1.54) is 53.9 Å². The maximum atomic E-state index is 12.4. The zero-order valence-corrected chi connectivity index (χ0v) is 15.8. The number of benzene rings is 2. The van der Waals surface area contributed by atoms with Gasteiger partial charge in [0.05, 0.1) is 29.7 Å². The third kappa shape index (κ3) is 4.73. The van der Waals surface area contributed by atoms with Crippen molar-refractivity contribution in [2.75, 3.05) is 29.5 Å². The fourth-order valence-corrected chi connectivity index (χ4v) is 3.46. The number of sulfonamides is 1. The Morgan fingerprint density at radius 3 is 2.33 bits per heavy atom. The first-order valence-corrected chi connectivity index (χ1v) is 9.73. The Hall–Kier alpha value is -3.14. The van der Waals surface area contributed by atoms with Gasteiger partial charge in [0.25, 0.3) is 11.6 Å². The van der Waals surface area contributed by atoms with E-state index in [1.807, 2.05) is 0 Å². The number of amides is 1. The van der Waals surface area contributed by atoms with Gasteiger partial charge in [0.15, 0.2) is 0 Å². The van der Waals surface area contributed by atoms with Gasteiger partial charge in [-0.25, -0.2) is 8.42 Å². The van der Waals surface area contributed by atoms with Crippen molar-refractivity contribution in [2.24, 2.45) is 0 Å². The van der Waals surface area contributed by atoms with Gasteiger partial charge in [-0.2, -0.15) is 0 Å². The van der Waals surface area contributed by atoms with E-state index in [9.17, 15) is 23.3 Å². The van der Waals surface area contributed by atoms with E-state index < -0.39 is 20.9 Å². The lowest BCUT2D eigenvalue weighted by Gasteiger charge is -2.20. The summed E-state index contributed by atoms with van der Waals surface area (Å²) in [6, 6.07) is 9.85. The number of carbonyl (C=O) groups is 1. The zero-order valence-electron chi connectivity index (χ0n) is 15.0. The second-order valence-electron chi connectivity index (χ2n) is 5.57. The number of methoxy groups -OCH3 is 1. The lowest BCUT2D eigenvalue weighted by molar-refractivity contribution is -0.384. The molecule has 2 rings (SSSR count). The summed E-state index contributed by atoms with van der Waals surface area (Å²) in [4.78, 5) is 22.8. The molecule has 0 fully saturated rings. The smallest absolute Gasteiger partial charge is 0.271 e. The first-order valence-electron chi connectivity index (χ1n) is 7.89. The second kappa shape index (κ2) is 8.04. The number of nitrogens with one attached hydrogen (secondary N) is 1. The van der Waals surface area contributed by atoms with Gasteiger partial charge in [-0.3, -0.25) is 19.2 Å². The second-order valence-corrected chi connectivity index (χ2v) is 7.48. The van der Waals surface area contributed by atoms with E-state index in [2.05, 4.69) is 5.32 Å². The molecule has 2 aromatic rings. The number of hydrogen-bond donors (Lipinski definition) is 1. The molecular formula is C17H19N3O6S. The number of nitro benzene ring substituents is 1. The predicted octanol–water partition coefficient (Wildman–Crippen LogP) is 2.64. The lowest BCUT2D eigenvalue weighted by Crippen LogP contribution is -2.29. The topological polar surface area (TPSA) is 119 Å². The number of carbonyl (C=O) groups excluding carboxylic acids is 1. The van der Waals surface area contributed by atoms with Crippen molar-refractivity contribution >= 4 is 33.0 Å². The van der Waals surface area contributed by atoms with E-state index in [0.29, 0.717) is 5.69 Å². The number of rotatable bonds is 7. The highest BCUT2D eigenvalue weighted by Gasteiger charge is 2.17. The van der Waals surface area contributed by atoms with Crippen LogP contribution < -0.4 is 14.4 Å². The molecule has 9 nitrogen and oxygen atoms in total. The summed E-state index contributed by atoms with van der Waals surface area (Å²) in [6.07, 6.45) is 1.10. The molecule has 0 saturated heterocycles. The van der Waals surface area contributed by atoms with E-state index in [0.717, 1.165) is 6.26 Å². The van der Waals surface area contributed by atoms with Gasteiger partial charge >= 0.3 is 0 Å². The number of nitrogens with zero attached hydrogens (tertiary/aromatic N) is 2. The Balaban J connectivity index is 2.27. The van der Waals surface area contributed by atoms with E-state index >= 15 is 0 Å². The van der Waals surface area contributed by atoms with Gasteiger partial charge in [0.1, 0.15) is 5.75 Å². The molecule has 0 atom stereocenters. The van der Waals surface area contributed by atoms with Crippen LogP contribution in [0.25, 0.3) is 0 Å². The molecule has 0 aliphatic carbocycles. The van der Waals surface area contributed by atoms with Gasteiger partial charge in [-0.15, -0.1) is 0 Å². The van der Waals surface area contributed by atoms with Crippen LogP contribution in [0.1, 0.15) is 17.3 Å². The molecule has 2 aromatic carbocycles. The highest BCUT2D eigenvalue weighted by atomic mass is 32.2. The molecule has 0 spiro atoms. The maximum Gasteiger partial charge on any atom is 0.271 e. The number of non-ortho nitro benzene ring substituents is 1. The Kier molecular flexibility index (Phi) is 6.01. The summed E-state index contributed by atoms with van der Waals surface area (Å²) in [5.74, 6) is -0.234. The average molecular weight is 393 g/mol. The third-order valence-electron chi connectivity index (χ3n) is 3.75. The fourth-order valence-electron chi connectivity index (χ4n) is 2.49. The minimum atomic E-state index is -3.42. The molecule has 27 heavy (non-hydrogen) atoms. The molecule has 144 valence electrons. The Labute approximate surface area is 156 Å². The van der Waals surface area contributed by atoms with Crippen LogP contribution in [0.4, 0.5) is 17.1 Å². The van der Waals surface area contributed by atoms with Gasteiger partial charge in [0.2, 0.25) is 10.0 Å². The van der Waals surface area contributed by atoms with Crippen molar-refractivity contribution < 1.29 is 22.9 Å². The quantitative estimate of drug-likeness (QED) is 0.570. The Bertz CT molecular complexity index is 957. The van der Waals surface area contributed by atoms with Crippen molar-refractivity contribution in [1.29, 1.82) is 0 Å². The molecule has 0 unspecified atom stereocenters. The fraction of sp³-hybridized carbons (Fsp3) is 0.235. The highest BCUT2D eigenvalue weighted by Crippen LogP contribution is 2.29. The van der Waals surface area contributed by atoms with Crippen molar-refractivity contribution in [3.8, 4) is 5.75 Å². The Morgan fingerprint density at radius 2 is 1.85 bits per heavy atom. The van der Waals surface area contributed by atoms with Crippen molar-refractivity contribution in [3.05, 3.63) is 58.1 Å². The van der Waals surface area contributed by atoms with Gasteiger partial charge in [0, 0.05) is 24.2 Å². The predicted molar refractivity (Wildman–Crippen MR) is 102 cm³/mol. The molecule has 0 radical (unpaired) electrons. The van der Waals surface area contributed by atoms with Crippen LogP contribution >= 0.6 is 0 Å². The van der Waals surface area contributed by atoms with Crippen LogP contribution in [-0.2, 0) is 10.0 Å². The summed E-state index contributed by atoms with van der Waals surface area (Å²) in [7, 11) is -2.03. The standard InChI is InChI=1S/C17H19N3O6S/c1-4-19(27(3,24)25)13-7-5-12(6-8-13)17(21)18-15-11-14(20(22)23)9-10-16(15)26-2/h5-11H,4H2,1-3H3,(H,18,21). The number of hydrogen-bond acceptors (Lipinski definition) is 6. The normalized spacial score (nSPS) is 10.9. The summed E-state index contributed by atoms with van der Waals surface area (Å²) in [5.41, 5.74) is 0.668. The molecule has 0 aromatic heterocycles. The molecule has 0 heterocycles. The van der Waals surface area contributed by atoms with E-state index in [1.54, 1.807) is 6.92 Å². The summed E-state index contributed by atoms with van der Waals surface area (Å²) in [6.45, 7) is 1.96. The number of ether oxygens (including phenoxy) is 1. The molecule has 0 bridgehead atoms. The largest absolute Gasteiger partial charge is 0.495 e. The maximum absolute atomic E-state index is 12.4. The van der Waals surface area contributed by atoms with Crippen molar-refractivity contribution in [2.45, 2.75) is 6.92 Å². The monoisotopic (exact) mass is 393 g/mol. The highest BCUT2D eigenvalue weighted by molar-refractivity contribution is 7.92. The van der Waals surface area contributed by atoms with E-state index in [-0.39, 0.29) is 29.2 Å². The van der Waals surface area contributed by atoms with Gasteiger partial charge in [-0.05, 0) is 37.3 Å². The number of anilines is 2. The first-order chi connectivity index (χ1) is 12.7. The molecule has 0 saturated carbocycles. The molecule has 10 heteroatoms. The summed E-state index contributed by atoms with van der Waals surface area (Å²) in [5, 5.41) is 13.5. The van der Waals surface area contributed by atoms with Crippen LogP contribution in [0.5, 0.6) is 5.75 Å². The van der Waals surface area contributed by atoms with Crippen molar-refractivity contribution in [3.63, 3.8) is 0 Å². The van der Waals surface area contributed by atoms with Crippen molar-refractivity contribution in [1.82, 2.24) is 0 Å². The van der Waals surface area contributed by atoms with Crippen LogP contribution in [0, 0.1) is 10.1 Å². The molecule has 1 N–H and O–H groups in total. The van der Waals surface area contributed by atoms with Gasteiger partial charge in [-0.1, -0.05) is 0 Å². The summed E-state index contributed by atoms with van der Waals surface area (Å²) >= 11 is 0. The SMILES string of the molecule is CCN(c1ccc(C(=O)Nc2cc([N+](=O)[O-])ccc2OC)cc1)S(C)(=O)=O. The van der Waals surface area contributed by atoms with Crippen LogP contribution in [0.15, 0.2) is 42.5 Å². The van der Waals surface area contributed by atoms with Gasteiger partial charge < -0.3 is 10.1 Å². The molecule has 1 amide bonds. The lowest BCUT2D eigenvalue weighted by atomic mass is 10.1. The minimum Gasteiger partial charge on any atom is -0.495 e. The molecular weight excluding hydrogens is 374 g/mol. The van der Waals surface area contributed by atoms with Crippen LogP contribution in [0.3, 0.4) is 0 Å². The first kappa shape index (κ1) is 20.2. The van der Waals surface area contributed by atoms with Crippen LogP contribution in [-0.4, -0.2) is 39.2 Å². The summed E-state index contributed by atoms with van der Waals surface area (Å²) < 4.78 is 29.8. The zero-order chi connectivity index (χ0) is 20.2. The van der Waals surface area contributed by atoms with Crippen LogP contribution in [0.2, 0.25) is 0 Å². The third-order valence-corrected chi connectivity index (χ3v) is 5.02. The Morgan fingerprint density at radius 1 is 1.22 bits per heavy atom. The molecule has 0 aliphatic heterocycles.